The van der Waals surface area contributed by atoms with Gasteiger partial charge in [-0.3, -0.25) is 4.79 Å². The first-order chi connectivity index (χ1) is 9.66. The maximum Gasteiger partial charge on any atom is 0.251 e. The lowest BCUT2D eigenvalue weighted by molar-refractivity contribution is 0.0883. The van der Waals surface area contributed by atoms with E-state index >= 15 is 0 Å². The van der Waals surface area contributed by atoms with Gasteiger partial charge < -0.3 is 11.1 Å². The molecule has 1 aromatic rings. The molecule has 0 saturated carbocycles. The van der Waals surface area contributed by atoms with Crippen LogP contribution in [0, 0.1) is 5.92 Å². The molecular weight excluding hydrogens is 290 g/mol. The van der Waals surface area contributed by atoms with Gasteiger partial charge in [-0.15, -0.1) is 0 Å². The molecule has 6 nitrogen and oxygen atoms in total. The Morgan fingerprint density at radius 1 is 1.29 bits per heavy atom. The molecule has 21 heavy (non-hydrogen) atoms. The molecule has 1 unspecified atom stereocenters. The Balaban J connectivity index is 2.95. The molecule has 0 heterocycles. The van der Waals surface area contributed by atoms with Gasteiger partial charge >= 0.3 is 0 Å². The fourth-order valence-electron chi connectivity index (χ4n) is 1.67. The van der Waals surface area contributed by atoms with Crippen molar-refractivity contribution < 1.29 is 13.2 Å². The smallest absolute Gasteiger partial charge is 0.251 e. The monoisotopic (exact) mass is 313 g/mol. The molecule has 7 heteroatoms. The third-order valence-electron chi connectivity index (χ3n) is 3.79. The number of hydrogen-bond acceptors (Lipinski definition) is 4. The number of rotatable bonds is 6. The highest BCUT2D eigenvalue weighted by atomic mass is 32.2. The fourth-order valence-corrected chi connectivity index (χ4v) is 2.40. The Hall–Kier alpha value is -1.44. The minimum Gasteiger partial charge on any atom is -0.345 e. The van der Waals surface area contributed by atoms with E-state index in [9.17, 15) is 13.2 Å². The van der Waals surface area contributed by atoms with Crippen molar-refractivity contribution in [2.45, 2.75) is 31.2 Å². The molecule has 1 atom stereocenters. The van der Waals surface area contributed by atoms with Gasteiger partial charge in [0.1, 0.15) is 0 Å². The molecule has 0 radical (unpaired) electrons. The number of carbonyl (C=O) groups excluding carboxylic acids is 1. The summed E-state index contributed by atoms with van der Waals surface area (Å²) < 4.78 is 25.5. The van der Waals surface area contributed by atoms with E-state index in [2.05, 4.69) is 10.0 Å². The zero-order chi connectivity index (χ0) is 16.3. The third-order valence-corrected chi connectivity index (χ3v) is 5.22. The van der Waals surface area contributed by atoms with Gasteiger partial charge in [0, 0.05) is 12.1 Å². The van der Waals surface area contributed by atoms with E-state index in [4.69, 9.17) is 5.73 Å². The molecule has 0 fully saturated rings. The molecule has 0 saturated heterocycles. The molecule has 0 aliphatic rings. The van der Waals surface area contributed by atoms with Crippen molar-refractivity contribution >= 4 is 15.9 Å². The van der Waals surface area contributed by atoms with E-state index in [0.29, 0.717) is 12.1 Å². The van der Waals surface area contributed by atoms with Gasteiger partial charge in [-0.2, -0.15) is 0 Å². The maximum absolute atomic E-state index is 12.2. The summed E-state index contributed by atoms with van der Waals surface area (Å²) in [4.78, 5) is 12.3. The van der Waals surface area contributed by atoms with Crippen LogP contribution in [-0.2, 0) is 10.0 Å². The molecular formula is C14H23N3O3S. The third kappa shape index (κ3) is 4.03. The highest BCUT2D eigenvalue weighted by molar-refractivity contribution is 7.89. The molecule has 0 spiro atoms. The van der Waals surface area contributed by atoms with Crippen LogP contribution >= 0.6 is 0 Å². The van der Waals surface area contributed by atoms with E-state index in [-0.39, 0.29) is 16.7 Å². The maximum atomic E-state index is 12.2. The van der Waals surface area contributed by atoms with Gasteiger partial charge in [-0.25, -0.2) is 13.1 Å². The number of amides is 1. The molecule has 1 amide bonds. The van der Waals surface area contributed by atoms with E-state index in [0.717, 1.165) is 0 Å². The molecule has 118 valence electrons. The summed E-state index contributed by atoms with van der Waals surface area (Å²) in [6.07, 6.45) is 0. The first kappa shape index (κ1) is 17.6. The summed E-state index contributed by atoms with van der Waals surface area (Å²) >= 11 is 0. The standard InChI is InChI=1S/C14H23N3O3S/c1-10(2)14(3,9-15)17-13(18)11-5-7-12(8-6-11)21(19,20)16-4/h5-8,10,16H,9,15H2,1-4H3,(H,17,18). The van der Waals surface area contributed by atoms with Crippen LogP contribution in [0.2, 0.25) is 0 Å². The van der Waals surface area contributed by atoms with Crippen LogP contribution in [0.15, 0.2) is 29.2 Å². The van der Waals surface area contributed by atoms with Gasteiger partial charge in [-0.05, 0) is 44.2 Å². The Bertz CT molecular complexity index is 596. The quantitative estimate of drug-likeness (QED) is 0.719. The number of hydrogen-bond donors (Lipinski definition) is 3. The van der Waals surface area contributed by atoms with Crippen molar-refractivity contribution in [3.8, 4) is 0 Å². The van der Waals surface area contributed by atoms with Crippen LogP contribution in [0.3, 0.4) is 0 Å². The summed E-state index contributed by atoms with van der Waals surface area (Å²) in [5.41, 5.74) is 5.62. The van der Waals surface area contributed by atoms with Gasteiger partial charge in [0.25, 0.3) is 5.91 Å². The molecule has 4 N–H and O–H groups in total. The number of nitrogens with two attached hydrogens (primary N) is 1. The molecule has 1 aromatic carbocycles. The predicted octanol–water partition coefficient (Wildman–Crippen LogP) is 0.698. The predicted molar refractivity (Wildman–Crippen MR) is 82.5 cm³/mol. The Labute approximate surface area is 126 Å². The Morgan fingerprint density at radius 3 is 2.19 bits per heavy atom. The summed E-state index contributed by atoms with van der Waals surface area (Å²) in [7, 11) is -2.16. The molecule has 0 aliphatic heterocycles. The number of carbonyl (C=O) groups is 1. The summed E-state index contributed by atoms with van der Waals surface area (Å²) in [5.74, 6) is -0.0968. The van der Waals surface area contributed by atoms with E-state index in [1.165, 1.54) is 31.3 Å². The van der Waals surface area contributed by atoms with Crippen molar-refractivity contribution in [3.63, 3.8) is 0 Å². The first-order valence-electron chi connectivity index (χ1n) is 6.72. The van der Waals surface area contributed by atoms with Crippen LogP contribution in [0.1, 0.15) is 31.1 Å². The van der Waals surface area contributed by atoms with Gasteiger partial charge in [0.15, 0.2) is 0 Å². The van der Waals surface area contributed by atoms with Crippen LogP contribution in [0.5, 0.6) is 0 Å². The van der Waals surface area contributed by atoms with E-state index in [1.54, 1.807) is 0 Å². The average Bonchev–Trinajstić information content (AvgIpc) is 2.46. The van der Waals surface area contributed by atoms with E-state index in [1.807, 2.05) is 20.8 Å². The number of nitrogens with one attached hydrogen (secondary N) is 2. The Morgan fingerprint density at radius 2 is 1.81 bits per heavy atom. The zero-order valence-corrected chi connectivity index (χ0v) is 13.6. The van der Waals surface area contributed by atoms with Crippen molar-refractivity contribution in [2.75, 3.05) is 13.6 Å². The average molecular weight is 313 g/mol. The largest absolute Gasteiger partial charge is 0.345 e. The number of sulfonamides is 1. The van der Waals surface area contributed by atoms with E-state index < -0.39 is 15.6 Å². The van der Waals surface area contributed by atoms with Gasteiger partial charge in [-0.1, -0.05) is 13.8 Å². The second-order valence-corrected chi connectivity index (χ2v) is 7.35. The lowest BCUT2D eigenvalue weighted by Crippen LogP contribution is -2.55. The van der Waals surface area contributed by atoms with Crippen molar-refractivity contribution in [3.05, 3.63) is 29.8 Å². The second kappa shape index (κ2) is 6.55. The summed E-state index contributed by atoms with van der Waals surface area (Å²) in [5, 5.41) is 2.90. The molecule has 1 rings (SSSR count). The minimum atomic E-state index is -3.50. The minimum absolute atomic E-state index is 0.118. The zero-order valence-electron chi connectivity index (χ0n) is 12.8. The normalized spacial score (nSPS) is 14.8. The SMILES string of the molecule is CNS(=O)(=O)c1ccc(C(=O)NC(C)(CN)C(C)C)cc1. The lowest BCUT2D eigenvalue weighted by Gasteiger charge is -2.33. The summed E-state index contributed by atoms with van der Waals surface area (Å²) in [6, 6.07) is 5.76. The van der Waals surface area contributed by atoms with Crippen LogP contribution in [0.25, 0.3) is 0 Å². The van der Waals surface area contributed by atoms with Crippen LogP contribution < -0.4 is 15.8 Å². The van der Waals surface area contributed by atoms with Crippen LogP contribution in [-0.4, -0.2) is 33.5 Å². The second-order valence-electron chi connectivity index (χ2n) is 5.46. The summed E-state index contributed by atoms with van der Waals surface area (Å²) in [6.45, 7) is 6.17. The van der Waals surface area contributed by atoms with Crippen molar-refractivity contribution in [1.82, 2.24) is 10.0 Å². The van der Waals surface area contributed by atoms with Crippen LogP contribution in [0.4, 0.5) is 0 Å². The van der Waals surface area contributed by atoms with Gasteiger partial charge in [0.2, 0.25) is 10.0 Å². The highest BCUT2D eigenvalue weighted by Gasteiger charge is 2.28. The van der Waals surface area contributed by atoms with Crippen molar-refractivity contribution in [2.24, 2.45) is 11.7 Å². The van der Waals surface area contributed by atoms with Gasteiger partial charge in [0.05, 0.1) is 10.4 Å². The topological polar surface area (TPSA) is 101 Å². The molecule has 0 aliphatic carbocycles. The molecule has 0 aromatic heterocycles. The number of benzene rings is 1. The highest BCUT2D eigenvalue weighted by Crippen LogP contribution is 2.16. The fraction of sp³-hybridized carbons (Fsp3) is 0.500. The first-order valence-corrected chi connectivity index (χ1v) is 8.21. The Kier molecular flexibility index (Phi) is 5.49. The molecule has 0 bridgehead atoms. The lowest BCUT2D eigenvalue weighted by atomic mass is 9.88. The van der Waals surface area contributed by atoms with Crippen molar-refractivity contribution in [1.29, 1.82) is 0 Å².